The normalized spacial score (nSPS) is 23.2. The van der Waals surface area contributed by atoms with Crippen molar-refractivity contribution >= 4 is 11.8 Å². The Bertz CT molecular complexity index is 495. The molecule has 114 valence electrons. The van der Waals surface area contributed by atoms with Gasteiger partial charge in [0.15, 0.2) is 0 Å². The predicted molar refractivity (Wildman–Crippen MR) is 75.7 cm³/mol. The average molecular weight is 291 g/mol. The minimum absolute atomic E-state index is 0.113. The van der Waals surface area contributed by atoms with Gasteiger partial charge < -0.3 is 4.90 Å². The van der Waals surface area contributed by atoms with Gasteiger partial charge in [0, 0.05) is 12.5 Å². The predicted octanol–water partition coefficient (Wildman–Crippen LogP) is 0.919. The third-order valence-electron chi connectivity index (χ3n) is 4.45. The summed E-state index contributed by atoms with van der Waals surface area (Å²) in [6.45, 7) is 0.690. The summed E-state index contributed by atoms with van der Waals surface area (Å²) in [6.07, 6.45) is 9.89. The van der Waals surface area contributed by atoms with Crippen LogP contribution in [-0.4, -0.2) is 44.2 Å². The molecule has 1 aliphatic heterocycles. The fraction of sp³-hybridized carbons (Fsp3) is 0.714. The molecule has 0 unspecified atom stereocenters. The van der Waals surface area contributed by atoms with Crippen LogP contribution in [0.3, 0.4) is 0 Å². The van der Waals surface area contributed by atoms with E-state index in [1.165, 1.54) is 23.8 Å². The van der Waals surface area contributed by atoms with Gasteiger partial charge in [0.2, 0.25) is 5.91 Å². The van der Waals surface area contributed by atoms with Gasteiger partial charge in [0.1, 0.15) is 18.7 Å². The second kappa shape index (κ2) is 6.24. The lowest BCUT2D eigenvalue weighted by atomic mass is 9.88. The lowest BCUT2D eigenvalue weighted by Gasteiger charge is -2.29. The first kappa shape index (κ1) is 14.0. The maximum Gasteiger partial charge on any atom is 0.261 e. The zero-order valence-electron chi connectivity index (χ0n) is 12.1. The monoisotopic (exact) mass is 291 g/mol. The minimum atomic E-state index is -0.359. The van der Waals surface area contributed by atoms with E-state index in [2.05, 4.69) is 15.6 Å². The van der Waals surface area contributed by atoms with E-state index in [-0.39, 0.29) is 23.8 Å². The fourth-order valence-corrected chi connectivity index (χ4v) is 3.35. The van der Waals surface area contributed by atoms with E-state index in [1.54, 1.807) is 4.90 Å². The van der Waals surface area contributed by atoms with Gasteiger partial charge in [-0.15, -0.1) is 10.2 Å². The average Bonchev–Trinajstić information content (AvgIpc) is 3.18. The van der Waals surface area contributed by atoms with Crippen molar-refractivity contribution in [3.05, 3.63) is 12.7 Å². The smallest absolute Gasteiger partial charge is 0.261 e. The zero-order chi connectivity index (χ0) is 14.7. The molecule has 1 saturated carbocycles. The summed E-state index contributed by atoms with van der Waals surface area (Å²) in [7, 11) is 0. The first-order valence-corrected chi connectivity index (χ1v) is 7.71. The molecule has 1 aromatic heterocycles. The Balaban J connectivity index is 1.64. The number of carbonyl (C=O) groups excluding carboxylic acids is 2. The molecule has 2 fully saturated rings. The van der Waals surface area contributed by atoms with Crippen LogP contribution in [0.5, 0.6) is 0 Å². The number of amides is 2. The summed E-state index contributed by atoms with van der Waals surface area (Å²) in [5.41, 5.74) is 2.71. The van der Waals surface area contributed by atoms with Crippen molar-refractivity contribution in [2.75, 3.05) is 12.0 Å². The van der Waals surface area contributed by atoms with Crippen LogP contribution in [0.25, 0.3) is 0 Å². The van der Waals surface area contributed by atoms with Crippen LogP contribution in [0.4, 0.5) is 0 Å². The highest BCUT2D eigenvalue weighted by Gasteiger charge is 2.37. The van der Waals surface area contributed by atoms with Crippen LogP contribution in [0.15, 0.2) is 12.7 Å². The lowest BCUT2D eigenvalue weighted by molar-refractivity contribution is -0.141. The largest absolute Gasteiger partial charge is 0.330 e. The summed E-state index contributed by atoms with van der Waals surface area (Å²) in [5, 5.41) is 7.29. The van der Waals surface area contributed by atoms with Gasteiger partial charge in [-0.25, -0.2) is 4.68 Å². The summed E-state index contributed by atoms with van der Waals surface area (Å²) >= 11 is 0. The van der Waals surface area contributed by atoms with Gasteiger partial charge in [0.25, 0.3) is 5.91 Å². The summed E-state index contributed by atoms with van der Waals surface area (Å²) in [4.78, 5) is 26.7. The molecule has 1 saturated heterocycles. The SMILES string of the molecule is O=C(Nn1cnnc1)[C@@H]1CCCN1C(=O)C1CCCCC1. The molecule has 2 aliphatic rings. The Hall–Kier alpha value is -1.92. The number of aromatic nitrogens is 3. The summed E-state index contributed by atoms with van der Waals surface area (Å²) in [5.74, 6) is 0.120. The number of nitrogens with one attached hydrogen (secondary N) is 1. The third kappa shape index (κ3) is 3.06. The van der Waals surface area contributed by atoms with E-state index in [0.29, 0.717) is 6.54 Å². The molecule has 0 aromatic carbocycles. The molecule has 2 amide bonds. The van der Waals surface area contributed by atoms with Crippen molar-refractivity contribution in [1.82, 2.24) is 19.8 Å². The molecule has 7 nitrogen and oxygen atoms in total. The Morgan fingerprint density at radius 2 is 1.71 bits per heavy atom. The molecule has 1 N–H and O–H groups in total. The van der Waals surface area contributed by atoms with Gasteiger partial charge in [-0.2, -0.15) is 0 Å². The van der Waals surface area contributed by atoms with Gasteiger partial charge in [-0.3, -0.25) is 15.0 Å². The van der Waals surface area contributed by atoms with Crippen molar-refractivity contribution in [3.8, 4) is 0 Å². The Kier molecular flexibility index (Phi) is 4.17. The topological polar surface area (TPSA) is 80.1 Å². The van der Waals surface area contributed by atoms with Crippen molar-refractivity contribution < 1.29 is 9.59 Å². The number of hydrogen-bond donors (Lipinski definition) is 1. The first-order chi connectivity index (χ1) is 10.3. The van der Waals surface area contributed by atoms with E-state index < -0.39 is 0 Å². The molecule has 0 spiro atoms. The molecular weight excluding hydrogens is 270 g/mol. The maximum atomic E-state index is 12.6. The van der Waals surface area contributed by atoms with Crippen molar-refractivity contribution in [2.45, 2.75) is 51.0 Å². The Labute approximate surface area is 123 Å². The number of hydrogen-bond acceptors (Lipinski definition) is 4. The third-order valence-corrected chi connectivity index (χ3v) is 4.45. The van der Waals surface area contributed by atoms with Gasteiger partial charge in [-0.05, 0) is 25.7 Å². The molecule has 2 heterocycles. The molecule has 1 atom stereocenters. The highest BCUT2D eigenvalue weighted by atomic mass is 16.2. The van der Waals surface area contributed by atoms with E-state index >= 15 is 0 Å². The summed E-state index contributed by atoms with van der Waals surface area (Å²) in [6, 6.07) is -0.359. The van der Waals surface area contributed by atoms with E-state index in [4.69, 9.17) is 0 Å². The number of rotatable bonds is 3. The molecule has 1 aliphatic carbocycles. The van der Waals surface area contributed by atoms with Crippen LogP contribution < -0.4 is 5.43 Å². The molecule has 3 rings (SSSR count). The van der Waals surface area contributed by atoms with Crippen molar-refractivity contribution in [3.63, 3.8) is 0 Å². The van der Waals surface area contributed by atoms with Crippen LogP contribution in [0.1, 0.15) is 44.9 Å². The van der Waals surface area contributed by atoms with Crippen LogP contribution in [-0.2, 0) is 9.59 Å². The van der Waals surface area contributed by atoms with E-state index in [1.807, 2.05) is 0 Å². The van der Waals surface area contributed by atoms with Crippen LogP contribution in [0.2, 0.25) is 0 Å². The van der Waals surface area contributed by atoms with Crippen molar-refractivity contribution in [2.24, 2.45) is 5.92 Å². The quantitative estimate of drug-likeness (QED) is 0.898. The number of nitrogens with zero attached hydrogens (tertiary/aromatic N) is 4. The van der Waals surface area contributed by atoms with Crippen LogP contribution in [0, 0.1) is 5.92 Å². The fourth-order valence-electron chi connectivity index (χ4n) is 3.35. The summed E-state index contributed by atoms with van der Waals surface area (Å²) < 4.78 is 1.42. The molecule has 0 bridgehead atoms. The molecule has 0 radical (unpaired) electrons. The molecule has 21 heavy (non-hydrogen) atoms. The number of carbonyl (C=O) groups is 2. The van der Waals surface area contributed by atoms with Gasteiger partial charge >= 0.3 is 0 Å². The van der Waals surface area contributed by atoms with E-state index in [9.17, 15) is 9.59 Å². The van der Waals surface area contributed by atoms with E-state index in [0.717, 1.165) is 38.5 Å². The van der Waals surface area contributed by atoms with Crippen LogP contribution >= 0.6 is 0 Å². The maximum absolute atomic E-state index is 12.6. The highest BCUT2D eigenvalue weighted by molar-refractivity contribution is 5.93. The first-order valence-electron chi connectivity index (χ1n) is 7.71. The second-order valence-electron chi connectivity index (χ2n) is 5.87. The Morgan fingerprint density at radius 3 is 2.43 bits per heavy atom. The Morgan fingerprint density at radius 1 is 1.00 bits per heavy atom. The molecular formula is C14H21N5O2. The molecule has 1 aromatic rings. The van der Waals surface area contributed by atoms with Crippen molar-refractivity contribution in [1.29, 1.82) is 0 Å². The van der Waals surface area contributed by atoms with Gasteiger partial charge in [0.05, 0.1) is 0 Å². The lowest BCUT2D eigenvalue weighted by Crippen LogP contribution is -2.47. The second-order valence-corrected chi connectivity index (χ2v) is 5.87. The molecule has 7 heteroatoms. The standard InChI is InChI=1S/C14H21N5O2/c20-13(17-18-9-15-16-10-18)12-7-4-8-19(12)14(21)11-5-2-1-3-6-11/h9-12H,1-8H2,(H,17,20)/t12-/m0/s1. The highest BCUT2D eigenvalue weighted by Crippen LogP contribution is 2.28. The zero-order valence-corrected chi connectivity index (χ0v) is 12.1. The number of likely N-dealkylation sites (tertiary alicyclic amines) is 1. The minimum Gasteiger partial charge on any atom is -0.330 e. The van der Waals surface area contributed by atoms with Gasteiger partial charge in [-0.1, -0.05) is 19.3 Å².